The Kier molecular flexibility index (Phi) is 19.6. The molecule has 0 aliphatic carbocycles. The number of benzene rings is 20. The van der Waals surface area contributed by atoms with Crippen LogP contribution in [0.3, 0.4) is 0 Å². The number of fused-ring (bicyclic) bond motifs is 12. The predicted molar refractivity (Wildman–Crippen MR) is 540 cm³/mol. The first-order valence-electron chi connectivity index (χ1n) is 43.8. The highest BCUT2D eigenvalue weighted by Crippen LogP contribution is 2.56. The van der Waals surface area contributed by atoms with Gasteiger partial charge in [-0.3, -0.25) is 0 Å². The van der Waals surface area contributed by atoms with Crippen LogP contribution in [0, 0.1) is 0 Å². The Hall–Kier alpha value is -13.0. The van der Waals surface area contributed by atoms with Gasteiger partial charge < -0.3 is 28.4 Å². The van der Waals surface area contributed by atoms with Gasteiger partial charge in [0.2, 0.25) is 0 Å². The van der Waals surface area contributed by atoms with Gasteiger partial charge in [0.1, 0.15) is 16.7 Å². The van der Waals surface area contributed by atoms with Gasteiger partial charge in [0, 0.05) is 73.9 Å². The lowest BCUT2D eigenvalue weighted by Crippen LogP contribution is -2.15. The first-order valence-corrected chi connectivity index (χ1v) is 45.4. The maximum absolute atomic E-state index is 7.01. The van der Waals surface area contributed by atoms with Crippen LogP contribution in [-0.4, -0.2) is 0 Å². The van der Waals surface area contributed by atoms with Crippen molar-refractivity contribution in [3.8, 4) is 0 Å². The van der Waals surface area contributed by atoms with Gasteiger partial charge in [-0.1, -0.05) is 352 Å². The second kappa shape index (κ2) is 31.1. The minimum atomic E-state index is 0.227. The molecule has 0 saturated heterocycles. The van der Waals surface area contributed by atoms with Gasteiger partial charge in [-0.15, -0.1) is 0 Å². The zero-order chi connectivity index (χ0) is 84.8. The molecule has 20 aromatic carbocycles. The normalized spacial score (nSPS) is 12.2. The van der Waals surface area contributed by atoms with Crippen LogP contribution in [0.15, 0.2) is 338 Å². The number of nitrogens with zero attached hydrogens (tertiary/aromatic N) is 2. The first kappa shape index (κ1) is 78.3. The fourth-order valence-electron chi connectivity index (χ4n) is 19.6. The lowest BCUT2D eigenvalue weighted by atomic mass is 9.89. The molecule has 0 saturated carbocycles. The third-order valence-corrected chi connectivity index (χ3v) is 27.4. The summed E-state index contributed by atoms with van der Waals surface area (Å²) in [6, 6.07) is 116. The molecular formula is C116H95Br2N3O3. The summed E-state index contributed by atoms with van der Waals surface area (Å²) < 4.78 is 22.6. The molecule has 23 rings (SSSR count). The molecular weight excluding hydrogens is 1640 g/mol. The Morgan fingerprint density at radius 1 is 0.234 bits per heavy atom. The average Bonchev–Trinajstić information content (AvgIpc) is 0.927. The lowest BCUT2D eigenvalue weighted by Gasteiger charge is -2.33. The van der Waals surface area contributed by atoms with E-state index in [1.54, 1.807) is 0 Å². The van der Waals surface area contributed by atoms with Crippen molar-refractivity contribution in [2.45, 2.75) is 119 Å². The van der Waals surface area contributed by atoms with E-state index in [1.807, 2.05) is 12.1 Å². The number of hydrogen-bond acceptors (Lipinski definition) is 6. The maximum Gasteiger partial charge on any atom is 0.159 e. The summed E-state index contributed by atoms with van der Waals surface area (Å²) in [5.74, 6) is 2.07. The van der Waals surface area contributed by atoms with Crippen molar-refractivity contribution < 1.29 is 13.3 Å². The summed E-state index contributed by atoms with van der Waals surface area (Å²) in [5, 5.41) is 32.9. The number of furan rings is 3. The summed E-state index contributed by atoms with van der Waals surface area (Å²) in [7, 11) is 0. The highest BCUT2D eigenvalue weighted by atomic mass is 79.9. The molecule has 0 amide bonds. The number of rotatable bonds is 14. The molecule has 0 spiro atoms. The molecule has 6 nitrogen and oxygen atoms in total. The van der Waals surface area contributed by atoms with Gasteiger partial charge >= 0.3 is 0 Å². The minimum Gasteiger partial charge on any atom is -0.454 e. The molecule has 0 aliphatic rings. The Morgan fingerprint density at radius 3 is 0.960 bits per heavy atom. The number of para-hydroxylation sites is 6. The zero-order valence-corrected chi connectivity index (χ0v) is 75.0. The second-order valence-corrected chi connectivity index (χ2v) is 37.3. The number of hydrogen-bond donors (Lipinski definition) is 1. The predicted octanol–water partition coefficient (Wildman–Crippen LogP) is 37.0. The van der Waals surface area contributed by atoms with Crippen LogP contribution in [0.1, 0.15) is 152 Å². The molecule has 0 fully saturated rings. The molecule has 0 aliphatic heterocycles. The smallest absolute Gasteiger partial charge is 0.159 e. The van der Waals surface area contributed by atoms with Crippen LogP contribution >= 0.6 is 31.9 Å². The standard InChI is InChI=1S/C72H60N2O2.C28H27NO.C16H8Br2/c1-41(2)49-25-23-45-27-33-51(43(5)6)69(59(45)39-49)73(63-19-13-17-55-53-15-9-11-21-65(53)75-71(55)63)61-37-31-47-30-36-58-62(38-32-48-29-35-57(61)67(47)68(48)58)74(64-20-14-18-56-54-16-10-12-22-66(54)76-72(56)64)70-52(44(7)8)34-28-46-24-26-50(42(3)4)40-60(46)70;1-17(2)20-13-12-19-14-15-21(18(3)4)27(24(19)16-20)29-25-10-7-9-23-22-8-5-6-11-26(22)30-28(23)25;17-13-8-4-10-2-6-12-14(18)7-3-9-1-5-11(13)16(10)15(9)12/h9-44H,1-8H3;5-18,29H,1-4H3;1-8H. The van der Waals surface area contributed by atoms with Crippen molar-refractivity contribution in [1.29, 1.82) is 0 Å². The zero-order valence-electron chi connectivity index (χ0n) is 71.9. The Morgan fingerprint density at radius 2 is 0.548 bits per heavy atom. The van der Waals surface area contributed by atoms with Crippen molar-refractivity contribution >= 4 is 240 Å². The van der Waals surface area contributed by atoms with E-state index in [1.165, 1.54) is 147 Å². The van der Waals surface area contributed by atoms with Crippen molar-refractivity contribution in [3.63, 3.8) is 0 Å². The average molecular weight is 1740 g/mol. The van der Waals surface area contributed by atoms with E-state index in [0.717, 1.165) is 103 Å². The van der Waals surface area contributed by atoms with Gasteiger partial charge in [-0.25, -0.2) is 0 Å². The van der Waals surface area contributed by atoms with Crippen molar-refractivity contribution in [1.82, 2.24) is 0 Å². The van der Waals surface area contributed by atoms with Crippen molar-refractivity contribution in [2.24, 2.45) is 0 Å². The molecule has 124 heavy (non-hydrogen) atoms. The third kappa shape index (κ3) is 13.1. The van der Waals surface area contributed by atoms with Crippen LogP contribution in [0.25, 0.3) is 163 Å². The van der Waals surface area contributed by atoms with E-state index < -0.39 is 0 Å². The molecule has 606 valence electrons. The fourth-order valence-corrected chi connectivity index (χ4v) is 20.5. The molecule has 1 N–H and O–H groups in total. The third-order valence-electron chi connectivity index (χ3n) is 26.1. The van der Waals surface area contributed by atoms with Gasteiger partial charge in [0.25, 0.3) is 0 Å². The molecule has 3 heterocycles. The topological polar surface area (TPSA) is 57.9 Å². The van der Waals surface area contributed by atoms with E-state index in [2.05, 4.69) is 433 Å². The van der Waals surface area contributed by atoms with E-state index in [-0.39, 0.29) is 11.8 Å². The maximum atomic E-state index is 7.01. The summed E-state index contributed by atoms with van der Waals surface area (Å²) in [6.45, 7) is 27.5. The Bertz CT molecular complexity index is 7790. The fraction of sp³-hybridized carbons (Fsp3) is 0.155. The Labute approximate surface area is 739 Å². The molecule has 0 bridgehead atoms. The molecule has 3 aromatic heterocycles. The highest BCUT2D eigenvalue weighted by molar-refractivity contribution is 9.11. The van der Waals surface area contributed by atoms with Crippen LogP contribution in [0.4, 0.5) is 45.5 Å². The van der Waals surface area contributed by atoms with Crippen LogP contribution in [0.5, 0.6) is 0 Å². The number of halogens is 2. The van der Waals surface area contributed by atoms with Crippen LogP contribution in [-0.2, 0) is 0 Å². The van der Waals surface area contributed by atoms with E-state index in [4.69, 9.17) is 13.3 Å². The molecule has 0 radical (unpaired) electrons. The van der Waals surface area contributed by atoms with Gasteiger partial charge in [0.15, 0.2) is 16.7 Å². The first-order chi connectivity index (χ1) is 60.3. The van der Waals surface area contributed by atoms with Crippen molar-refractivity contribution in [3.05, 3.63) is 358 Å². The Balaban J connectivity index is 0.000000158. The number of anilines is 8. The quantitative estimate of drug-likeness (QED) is 0.110. The van der Waals surface area contributed by atoms with Gasteiger partial charge in [0.05, 0.1) is 39.8 Å². The minimum absolute atomic E-state index is 0.227. The molecule has 23 aromatic rings. The van der Waals surface area contributed by atoms with E-state index in [0.29, 0.717) is 23.7 Å². The van der Waals surface area contributed by atoms with E-state index in [9.17, 15) is 0 Å². The largest absolute Gasteiger partial charge is 0.454 e. The summed E-state index contributed by atoms with van der Waals surface area (Å²) in [4.78, 5) is 5.09. The molecule has 0 atom stereocenters. The van der Waals surface area contributed by atoms with Gasteiger partial charge in [-0.2, -0.15) is 0 Å². The summed E-state index contributed by atoms with van der Waals surface area (Å²) in [6.07, 6.45) is 0. The lowest BCUT2D eigenvalue weighted by molar-refractivity contribution is 0.668. The monoisotopic (exact) mass is 1740 g/mol. The van der Waals surface area contributed by atoms with Crippen LogP contribution in [0.2, 0.25) is 0 Å². The van der Waals surface area contributed by atoms with Gasteiger partial charge in [-0.05, 0) is 218 Å². The highest BCUT2D eigenvalue weighted by Gasteiger charge is 2.31. The van der Waals surface area contributed by atoms with Crippen molar-refractivity contribution in [2.75, 3.05) is 15.1 Å². The summed E-state index contributed by atoms with van der Waals surface area (Å²) >= 11 is 7.30. The molecule has 8 heteroatoms. The number of nitrogens with one attached hydrogen (secondary N) is 1. The second-order valence-electron chi connectivity index (χ2n) is 35.6. The summed E-state index contributed by atoms with van der Waals surface area (Å²) in [5.41, 5.74) is 22.0. The van der Waals surface area contributed by atoms with Crippen LogP contribution < -0.4 is 15.1 Å². The molecule has 0 unspecified atom stereocenters. The SMILES string of the molecule is Brc1ccc2ccc3c(Br)ccc4ccc1c2c43.CC(C)c1ccc2ccc(C(C)C)c(N(c3ccc4ccc5c(N(c6c(C(C)C)ccc7ccc(C(C)C)cc67)c6cccc7c6oc6ccccc67)ccc6ccc3c4c65)c3cccc4c3oc3ccccc34)c2c1.CC(C)c1ccc2ccc(C(C)C)c(Nc3cccc4c3oc3ccccc34)c2c1. The van der Waals surface area contributed by atoms with E-state index >= 15 is 0 Å².